The van der Waals surface area contributed by atoms with Crippen LogP contribution in [0, 0.1) is 0 Å². The van der Waals surface area contributed by atoms with Gasteiger partial charge in [-0.1, -0.05) is 48.5 Å². The van der Waals surface area contributed by atoms with Crippen molar-refractivity contribution in [1.82, 2.24) is 10.2 Å². The summed E-state index contributed by atoms with van der Waals surface area (Å²) in [7, 11) is 3.10. The van der Waals surface area contributed by atoms with Crippen LogP contribution in [-0.4, -0.2) is 54.7 Å². The van der Waals surface area contributed by atoms with Crippen LogP contribution in [0.25, 0.3) is 11.1 Å². The van der Waals surface area contributed by atoms with Gasteiger partial charge in [0.05, 0.1) is 0 Å². The van der Waals surface area contributed by atoms with E-state index in [2.05, 4.69) is 5.32 Å². The summed E-state index contributed by atoms with van der Waals surface area (Å²) in [5.41, 5.74) is 4.43. The van der Waals surface area contributed by atoms with E-state index < -0.39 is 18.1 Å². The Hall–Kier alpha value is -3.35. The number of benzene rings is 2. The Bertz CT molecular complexity index is 879. The lowest BCUT2D eigenvalue weighted by atomic mass is 9.98. The van der Waals surface area contributed by atoms with Gasteiger partial charge in [-0.05, 0) is 28.7 Å². The quantitative estimate of drug-likeness (QED) is 0.750. The van der Waals surface area contributed by atoms with Crippen LogP contribution in [-0.2, 0) is 14.3 Å². The summed E-state index contributed by atoms with van der Waals surface area (Å²) in [5, 5.41) is 11.4. The third-order valence-corrected chi connectivity index (χ3v) is 5.02. The van der Waals surface area contributed by atoms with Crippen molar-refractivity contribution < 1.29 is 24.2 Å². The zero-order chi connectivity index (χ0) is 21.0. The average molecular weight is 396 g/mol. The molecule has 7 heteroatoms. The zero-order valence-corrected chi connectivity index (χ0v) is 16.4. The number of carbonyl (C=O) groups is 3. The summed E-state index contributed by atoms with van der Waals surface area (Å²) in [6, 6.07) is 15.1. The Balaban J connectivity index is 1.68. The minimum Gasteiger partial charge on any atom is -0.481 e. The van der Waals surface area contributed by atoms with Crippen molar-refractivity contribution in [2.45, 2.75) is 24.8 Å². The number of nitrogens with zero attached hydrogens (tertiary/aromatic N) is 1. The van der Waals surface area contributed by atoms with Crippen molar-refractivity contribution in [1.29, 1.82) is 0 Å². The maximum atomic E-state index is 12.4. The molecule has 2 aromatic carbocycles. The number of aliphatic carboxylic acids is 1. The van der Waals surface area contributed by atoms with Crippen molar-refractivity contribution in [3.05, 3.63) is 59.7 Å². The van der Waals surface area contributed by atoms with E-state index in [1.807, 2.05) is 48.5 Å². The van der Waals surface area contributed by atoms with E-state index in [9.17, 15) is 14.4 Å². The molecule has 0 heterocycles. The molecule has 29 heavy (non-hydrogen) atoms. The molecule has 0 spiro atoms. The normalized spacial score (nSPS) is 13.2. The molecule has 0 fully saturated rings. The van der Waals surface area contributed by atoms with Gasteiger partial charge in [0.2, 0.25) is 5.91 Å². The highest BCUT2D eigenvalue weighted by molar-refractivity contribution is 5.86. The fourth-order valence-corrected chi connectivity index (χ4v) is 3.62. The van der Waals surface area contributed by atoms with Crippen molar-refractivity contribution >= 4 is 18.0 Å². The molecule has 2 amide bonds. The number of likely N-dealkylation sites (N-methyl/N-ethyl adjacent to an activating group) is 1. The van der Waals surface area contributed by atoms with E-state index in [-0.39, 0.29) is 31.3 Å². The van der Waals surface area contributed by atoms with E-state index in [0.717, 1.165) is 22.3 Å². The number of carboxylic acids is 1. The predicted molar refractivity (Wildman–Crippen MR) is 108 cm³/mol. The lowest BCUT2D eigenvalue weighted by Crippen LogP contribution is -2.46. The third kappa shape index (κ3) is 4.56. The van der Waals surface area contributed by atoms with Gasteiger partial charge in [0, 0.05) is 26.4 Å². The minimum absolute atomic E-state index is 0.00343. The molecule has 7 nitrogen and oxygen atoms in total. The molecule has 0 aromatic heterocycles. The van der Waals surface area contributed by atoms with Crippen LogP contribution in [0.5, 0.6) is 0 Å². The Morgan fingerprint density at radius 3 is 2.10 bits per heavy atom. The Morgan fingerprint density at radius 2 is 1.59 bits per heavy atom. The van der Waals surface area contributed by atoms with Gasteiger partial charge in [-0.3, -0.25) is 9.59 Å². The van der Waals surface area contributed by atoms with Crippen LogP contribution < -0.4 is 5.32 Å². The van der Waals surface area contributed by atoms with Crippen LogP contribution in [0.15, 0.2) is 48.5 Å². The smallest absolute Gasteiger partial charge is 0.407 e. The van der Waals surface area contributed by atoms with Gasteiger partial charge in [-0.25, -0.2) is 4.79 Å². The van der Waals surface area contributed by atoms with Gasteiger partial charge in [0.1, 0.15) is 12.6 Å². The van der Waals surface area contributed by atoms with E-state index >= 15 is 0 Å². The van der Waals surface area contributed by atoms with E-state index in [1.165, 1.54) is 4.90 Å². The Morgan fingerprint density at radius 1 is 1.03 bits per heavy atom. The average Bonchev–Trinajstić information content (AvgIpc) is 3.02. The largest absolute Gasteiger partial charge is 0.481 e. The first-order chi connectivity index (χ1) is 13.9. The molecule has 1 aliphatic carbocycles. The summed E-state index contributed by atoms with van der Waals surface area (Å²) < 4.78 is 5.44. The first-order valence-electron chi connectivity index (χ1n) is 9.43. The molecule has 2 N–H and O–H groups in total. The number of rotatable bonds is 7. The number of hydrogen-bond donors (Lipinski definition) is 2. The number of alkyl carbamates (subject to hydrolysis) is 1. The molecule has 0 bridgehead atoms. The lowest BCUT2D eigenvalue weighted by molar-refractivity contribution is -0.137. The van der Waals surface area contributed by atoms with E-state index in [0.29, 0.717) is 0 Å². The number of carboxylic acid groups (broad SMARTS) is 1. The molecule has 0 radical (unpaired) electrons. The molecule has 1 aliphatic rings. The standard InChI is InChI=1S/C22H24N2O5/c1-24(2)21(27)19(11-12-20(25)26)23-22(28)29-13-18-16-9-5-3-7-14(16)15-8-4-6-10-17(15)18/h3-10,18-19H,11-13H2,1-2H3,(H,23,28)(H,25,26)/t19-/m0/s1. The maximum Gasteiger partial charge on any atom is 0.407 e. The van der Waals surface area contributed by atoms with Crippen molar-refractivity contribution in [3.8, 4) is 11.1 Å². The van der Waals surface area contributed by atoms with Crippen LogP contribution >= 0.6 is 0 Å². The van der Waals surface area contributed by atoms with Crippen molar-refractivity contribution in [2.75, 3.05) is 20.7 Å². The summed E-state index contributed by atoms with van der Waals surface area (Å²) in [4.78, 5) is 36.8. The second-order valence-corrected chi connectivity index (χ2v) is 7.19. The Labute approximate surface area is 169 Å². The van der Waals surface area contributed by atoms with Gasteiger partial charge >= 0.3 is 12.1 Å². The van der Waals surface area contributed by atoms with Crippen LogP contribution in [0.1, 0.15) is 29.9 Å². The first-order valence-corrected chi connectivity index (χ1v) is 9.43. The molecule has 1 atom stereocenters. The first kappa shape index (κ1) is 20.4. The van der Waals surface area contributed by atoms with Crippen molar-refractivity contribution in [2.24, 2.45) is 0 Å². The summed E-state index contributed by atoms with van der Waals surface area (Å²) in [6.45, 7) is 0.127. The second-order valence-electron chi connectivity index (χ2n) is 7.19. The fourth-order valence-electron chi connectivity index (χ4n) is 3.62. The van der Waals surface area contributed by atoms with Crippen molar-refractivity contribution in [3.63, 3.8) is 0 Å². The SMILES string of the molecule is CN(C)C(=O)[C@H](CCC(=O)O)NC(=O)OCC1c2ccccc2-c2ccccc21. The molecule has 0 saturated carbocycles. The summed E-state index contributed by atoms with van der Waals surface area (Å²) in [5.74, 6) is -1.49. The fraction of sp³-hybridized carbons (Fsp3) is 0.318. The van der Waals surface area contributed by atoms with E-state index in [4.69, 9.17) is 9.84 Å². The predicted octanol–water partition coefficient (Wildman–Crippen LogP) is 2.85. The van der Waals surface area contributed by atoms with Crippen LogP contribution in [0.2, 0.25) is 0 Å². The molecule has 3 rings (SSSR count). The van der Waals surface area contributed by atoms with Gasteiger partial charge in [0.25, 0.3) is 0 Å². The minimum atomic E-state index is -1.03. The number of hydrogen-bond acceptors (Lipinski definition) is 4. The summed E-state index contributed by atoms with van der Waals surface area (Å²) in [6.07, 6.45) is -0.970. The number of amides is 2. The molecular weight excluding hydrogens is 372 g/mol. The third-order valence-electron chi connectivity index (χ3n) is 5.02. The maximum absolute atomic E-state index is 12.4. The molecule has 0 saturated heterocycles. The number of carbonyl (C=O) groups excluding carboxylic acids is 2. The lowest BCUT2D eigenvalue weighted by Gasteiger charge is -2.21. The second kappa shape index (κ2) is 8.77. The molecule has 0 aliphatic heterocycles. The van der Waals surface area contributed by atoms with Crippen LogP contribution in [0.4, 0.5) is 4.79 Å². The van der Waals surface area contributed by atoms with Gasteiger partial charge in [-0.15, -0.1) is 0 Å². The molecule has 152 valence electrons. The van der Waals surface area contributed by atoms with Gasteiger partial charge in [0.15, 0.2) is 0 Å². The van der Waals surface area contributed by atoms with Gasteiger partial charge in [-0.2, -0.15) is 0 Å². The number of fused-ring (bicyclic) bond motifs is 3. The highest BCUT2D eigenvalue weighted by atomic mass is 16.5. The summed E-state index contributed by atoms with van der Waals surface area (Å²) >= 11 is 0. The topological polar surface area (TPSA) is 95.9 Å². The monoisotopic (exact) mass is 396 g/mol. The van der Waals surface area contributed by atoms with E-state index in [1.54, 1.807) is 14.1 Å². The molecule has 0 unspecified atom stereocenters. The number of nitrogens with one attached hydrogen (secondary N) is 1. The number of ether oxygens (including phenoxy) is 1. The zero-order valence-electron chi connectivity index (χ0n) is 16.4. The highest BCUT2D eigenvalue weighted by Crippen LogP contribution is 2.44. The molecular formula is C22H24N2O5. The molecule has 2 aromatic rings. The Kier molecular flexibility index (Phi) is 6.16. The van der Waals surface area contributed by atoms with Gasteiger partial charge < -0.3 is 20.1 Å². The van der Waals surface area contributed by atoms with Crippen LogP contribution in [0.3, 0.4) is 0 Å². The highest BCUT2D eigenvalue weighted by Gasteiger charge is 2.30.